The summed E-state index contributed by atoms with van der Waals surface area (Å²) < 4.78 is 10.9. The highest BCUT2D eigenvalue weighted by Gasteiger charge is 2.23. The Hall–Kier alpha value is -3.08. The molecule has 5 heteroatoms. The molecule has 116 valence electrons. The lowest BCUT2D eigenvalue weighted by Crippen LogP contribution is -2.09. The number of anilines is 1. The number of ketones is 1. The van der Waals surface area contributed by atoms with Crippen LogP contribution in [0, 0.1) is 0 Å². The number of carbonyl (C=O) groups is 1. The third kappa shape index (κ3) is 2.46. The number of nitrogen functional groups attached to an aromatic ring is 1. The van der Waals surface area contributed by atoms with Gasteiger partial charge >= 0.3 is 0 Å². The van der Waals surface area contributed by atoms with Gasteiger partial charge in [0.25, 0.3) is 0 Å². The number of rotatable bonds is 4. The maximum Gasteiger partial charge on any atom is 0.215 e. The fourth-order valence-electron chi connectivity index (χ4n) is 2.53. The van der Waals surface area contributed by atoms with E-state index in [0.717, 1.165) is 0 Å². The number of methoxy groups -OCH3 is 2. The lowest BCUT2D eigenvalue weighted by molar-refractivity contribution is 0.103. The lowest BCUT2D eigenvalue weighted by atomic mass is 10.0. The predicted octanol–water partition coefficient (Wildman–Crippen LogP) is 3.07. The Labute approximate surface area is 133 Å². The number of carbonyl (C=O) groups excluding carboxylic acids is 1. The zero-order valence-corrected chi connectivity index (χ0v) is 12.9. The second kappa shape index (κ2) is 5.96. The molecule has 0 unspecified atom stereocenters. The molecule has 0 saturated carbocycles. The first-order chi connectivity index (χ1) is 11.2. The molecule has 0 fully saturated rings. The molecule has 2 aromatic carbocycles. The van der Waals surface area contributed by atoms with Gasteiger partial charge in [0.15, 0.2) is 17.2 Å². The Balaban J connectivity index is 2.32. The van der Waals surface area contributed by atoms with Gasteiger partial charge in [-0.1, -0.05) is 36.4 Å². The summed E-state index contributed by atoms with van der Waals surface area (Å²) in [6.07, 6.45) is 0. The van der Waals surface area contributed by atoms with Crippen molar-refractivity contribution in [2.24, 2.45) is 0 Å². The Morgan fingerprint density at radius 3 is 2.30 bits per heavy atom. The molecule has 0 bridgehead atoms. The van der Waals surface area contributed by atoms with Crippen LogP contribution in [0.2, 0.25) is 0 Å². The Morgan fingerprint density at radius 1 is 0.957 bits per heavy atom. The van der Waals surface area contributed by atoms with Crippen LogP contribution in [0.3, 0.4) is 0 Å². The molecular weight excluding hydrogens is 292 g/mol. The highest BCUT2D eigenvalue weighted by molar-refractivity contribution is 6.12. The lowest BCUT2D eigenvalue weighted by Gasteiger charge is -2.15. The van der Waals surface area contributed by atoms with E-state index in [1.807, 2.05) is 12.1 Å². The van der Waals surface area contributed by atoms with Crippen molar-refractivity contribution in [1.29, 1.82) is 0 Å². The van der Waals surface area contributed by atoms with Crippen LogP contribution in [0.1, 0.15) is 16.1 Å². The highest BCUT2D eigenvalue weighted by Crippen LogP contribution is 2.39. The standard InChI is InChI=1S/C18H16N2O3/c1-22-17-12-9-6-10-13(19)14(12)20-15(18(17)23-2)16(21)11-7-4-3-5-8-11/h3-10H,19H2,1-2H3. The SMILES string of the molecule is COc1c(C(=O)c2ccccc2)nc2c(N)cccc2c1OC. The van der Waals surface area contributed by atoms with Crippen LogP contribution in [-0.4, -0.2) is 25.0 Å². The third-order valence-corrected chi connectivity index (χ3v) is 3.62. The van der Waals surface area contributed by atoms with Gasteiger partial charge in [0.2, 0.25) is 5.78 Å². The zero-order valence-electron chi connectivity index (χ0n) is 12.9. The molecule has 0 spiro atoms. The van der Waals surface area contributed by atoms with E-state index < -0.39 is 0 Å². The number of para-hydroxylation sites is 1. The summed E-state index contributed by atoms with van der Waals surface area (Å²) in [7, 11) is 3.01. The molecule has 3 rings (SSSR count). The molecule has 0 aliphatic carbocycles. The van der Waals surface area contributed by atoms with E-state index in [0.29, 0.717) is 33.7 Å². The predicted molar refractivity (Wildman–Crippen MR) is 89.1 cm³/mol. The molecule has 1 aromatic heterocycles. The van der Waals surface area contributed by atoms with E-state index in [2.05, 4.69) is 4.98 Å². The fraction of sp³-hybridized carbons (Fsp3) is 0.111. The summed E-state index contributed by atoms with van der Waals surface area (Å²) in [5.74, 6) is 0.509. The quantitative estimate of drug-likeness (QED) is 0.592. The average molecular weight is 308 g/mol. The van der Waals surface area contributed by atoms with Crippen LogP contribution in [0.5, 0.6) is 11.5 Å². The van der Waals surface area contributed by atoms with Crippen LogP contribution in [0.4, 0.5) is 5.69 Å². The molecule has 0 saturated heterocycles. The molecule has 0 amide bonds. The smallest absolute Gasteiger partial charge is 0.215 e. The fourth-order valence-corrected chi connectivity index (χ4v) is 2.53. The topological polar surface area (TPSA) is 74.4 Å². The monoisotopic (exact) mass is 308 g/mol. The second-order valence-corrected chi connectivity index (χ2v) is 4.97. The van der Waals surface area contributed by atoms with E-state index >= 15 is 0 Å². The average Bonchev–Trinajstić information content (AvgIpc) is 2.60. The first-order valence-electron chi connectivity index (χ1n) is 7.07. The molecule has 0 atom stereocenters. The Morgan fingerprint density at radius 2 is 1.65 bits per heavy atom. The van der Waals surface area contributed by atoms with Gasteiger partial charge in [0.05, 0.1) is 25.4 Å². The third-order valence-electron chi connectivity index (χ3n) is 3.62. The van der Waals surface area contributed by atoms with Gasteiger partial charge in [-0.15, -0.1) is 0 Å². The van der Waals surface area contributed by atoms with Crippen molar-refractivity contribution in [1.82, 2.24) is 4.98 Å². The van der Waals surface area contributed by atoms with Crippen molar-refractivity contribution in [2.45, 2.75) is 0 Å². The first-order valence-corrected chi connectivity index (χ1v) is 7.07. The molecule has 2 N–H and O–H groups in total. The summed E-state index contributed by atoms with van der Waals surface area (Å²) in [5.41, 5.74) is 7.71. The van der Waals surface area contributed by atoms with Gasteiger partial charge in [0.1, 0.15) is 0 Å². The van der Waals surface area contributed by atoms with E-state index in [9.17, 15) is 4.79 Å². The minimum atomic E-state index is -0.245. The molecule has 0 radical (unpaired) electrons. The minimum absolute atomic E-state index is 0.181. The van der Waals surface area contributed by atoms with Crippen molar-refractivity contribution in [2.75, 3.05) is 20.0 Å². The Kier molecular flexibility index (Phi) is 3.85. The second-order valence-electron chi connectivity index (χ2n) is 4.97. The summed E-state index contributed by atoms with van der Waals surface area (Å²) in [6, 6.07) is 14.3. The van der Waals surface area contributed by atoms with Gasteiger partial charge in [-0.25, -0.2) is 4.98 Å². The van der Waals surface area contributed by atoms with E-state index in [-0.39, 0.29) is 11.5 Å². The van der Waals surface area contributed by atoms with Gasteiger partial charge in [0, 0.05) is 10.9 Å². The number of hydrogen-bond donors (Lipinski definition) is 1. The summed E-state index contributed by atoms with van der Waals surface area (Å²) >= 11 is 0. The molecular formula is C18H16N2O3. The van der Waals surface area contributed by atoms with Crippen LogP contribution >= 0.6 is 0 Å². The molecule has 3 aromatic rings. The number of nitrogens with two attached hydrogens (primary N) is 1. The Bertz CT molecular complexity index is 876. The molecule has 1 heterocycles. The van der Waals surface area contributed by atoms with Gasteiger partial charge in [-0.3, -0.25) is 4.79 Å². The largest absolute Gasteiger partial charge is 0.492 e. The number of aromatic nitrogens is 1. The maximum absolute atomic E-state index is 12.8. The van der Waals surface area contributed by atoms with E-state index in [1.54, 1.807) is 36.4 Å². The van der Waals surface area contributed by atoms with Crippen molar-refractivity contribution in [3.05, 3.63) is 59.8 Å². The number of hydrogen-bond acceptors (Lipinski definition) is 5. The van der Waals surface area contributed by atoms with Gasteiger partial charge < -0.3 is 15.2 Å². The van der Waals surface area contributed by atoms with Crippen LogP contribution < -0.4 is 15.2 Å². The number of fused-ring (bicyclic) bond motifs is 1. The van der Waals surface area contributed by atoms with Crippen molar-refractivity contribution < 1.29 is 14.3 Å². The first kappa shape index (κ1) is 14.8. The van der Waals surface area contributed by atoms with Gasteiger partial charge in [-0.05, 0) is 12.1 Å². The summed E-state index contributed by atoms with van der Waals surface area (Å²) in [6.45, 7) is 0. The maximum atomic E-state index is 12.8. The number of benzene rings is 2. The molecule has 0 aliphatic heterocycles. The van der Waals surface area contributed by atoms with E-state index in [1.165, 1.54) is 14.2 Å². The van der Waals surface area contributed by atoms with Crippen molar-refractivity contribution in [3.63, 3.8) is 0 Å². The van der Waals surface area contributed by atoms with Crippen LogP contribution in [-0.2, 0) is 0 Å². The number of ether oxygens (including phenoxy) is 2. The van der Waals surface area contributed by atoms with E-state index in [4.69, 9.17) is 15.2 Å². The molecule has 23 heavy (non-hydrogen) atoms. The highest BCUT2D eigenvalue weighted by atomic mass is 16.5. The van der Waals surface area contributed by atoms with Crippen molar-refractivity contribution >= 4 is 22.4 Å². The minimum Gasteiger partial charge on any atom is -0.492 e. The van der Waals surface area contributed by atoms with Gasteiger partial charge in [-0.2, -0.15) is 0 Å². The van der Waals surface area contributed by atoms with Crippen LogP contribution in [0.15, 0.2) is 48.5 Å². The number of pyridine rings is 1. The number of nitrogens with zero attached hydrogens (tertiary/aromatic N) is 1. The summed E-state index contributed by atoms with van der Waals surface area (Å²) in [4.78, 5) is 17.3. The molecule has 5 nitrogen and oxygen atoms in total. The normalized spacial score (nSPS) is 10.5. The van der Waals surface area contributed by atoms with Crippen LogP contribution in [0.25, 0.3) is 10.9 Å². The van der Waals surface area contributed by atoms with Crippen molar-refractivity contribution in [3.8, 4) is 11.5 Å². The molecule has 0 aliphatic rings. The zero-order chi connectivity index (χ0) is 16.4. The summed E-state index contributed by atoms with van der Waals surface area (Å²) in [5, 5.41) is 0.703.